The van der Waals surface area contributed by atoms with Crippen LogP contribution in [0, 0.1) is 0 Å². The Hall–Kier alpha value is 0.0249. The van der Waals surface area contributed by atoms with Crippen molar-refractivity contribution in [1.29, 1.82) is 0 Å². The highest BCUT2D eigenvalue weighted by Crippen LogP contribution is 2.12. The molecule has 2 heteroatoms. The van der Waals surface area contributed by atoms with Crippen molar-refractivity contribution in [3.63, 3.8) is 0 Å². The van der Waals surface area contributed by atoms with Crippen LogP contribution in [0.15, 0.2) is 0 Å². The van der Waals surface area contributed by atoms with Gasteiger partial charge in [-0.2, -0.15) is 0 Å². The molecule has 0 radical (unpaired) electrons. The summed E-state index contributed by atoms with van der Waals surface area (Å²) in [6, 6.07) is 0. The Morgan fingerprint density at radius 1 is 1.67 bits per heavy atom. The van der Waals surface area contributed by atoms with Crippen LogP contribution < -0.4 is 0 Å². The molecule has 1 nitrogen and oxygen atoms in total. The molecule has 1 unspecified atom stereocenters. The molecule has 1 heterocycles. The smallest absolute Gasteiger partial charge is 0.108 e. The van der Waals surface area contributed by atoms with Crippen LogP contribution >= 0.6 is 0 Å². The Bertz CT molecular complexity index is 40.8. The average molecular weight is 83.9 g/mol. The summed E-state index contributed by atoms with van der Waals surface area (Å²) in [5.41, 5.74) is 0. The van der Waals surface area contributed by atoms with Crippen LogP contribution in [0.5, 0.6) is 0 Å². The van der Waals surface area contributed by atoms with Gasteiger partial charge in [-0.25, -0.2) is 0 Å². The van der Waals surface area contributed by atoms with Crippen LogP contribution in [-0.4, -0.2) is 21.1 Å². The third-order valence-corrected chi connectivity index (χ3v) is 1.16. The average Bonchev–Trinajstić information content (AvgIpc) is 1.86. The molecule has 1 aliphatic rings. The molecular weight excluding hydrogens is 74.9 g/mol. The molecule has 6 heavy (non-hydrogen) atoms. The first-order chi connectivity index (χ1) is 2.89. The molecule has 0 spiro atoms. The van der Waals surface area contributed by atoms with Gasteiger partial charge in [0.25, 0.3) is 0 Å². The Morgan fingerprint density at radius 3 is 2.67 bits per heavy atom. The van der Waals surface area contributed by atoms with Gasteiger partial charge in [0, 0.05) is 13.2 Å². The van der Waals surface area contributed by atoms with Gasteiger partial charge in [0.2, 0.25) is 0 Å². The van der Waals surface area contributed by atoms with Crippen molar-refractivity contribution in [2.45, 2.75) is 12.2 Å². The molecule has 0 bridgehead atoms. The van der Waals surface area contributed by atoms with Gasteiger partial charge in [0.15, 0.2) is 0 Å². The fraction of sp³-hybridized carbons (Fsp3) is 1.00. The highest BCUT2D eigenvalue weighted by atomic mass is 16.5. The first-order valence-electron chi connectivity index (χ1n) is 2.47. The van der Waals surface area contributed by atoms with E-state index in [1.807, 2.05) is 0 Å². The zero-order valence-electron chi connectivity index (χ0n) is 4.11. The fourth-order valence-electron chi connectivity index (χ4n) is 0.652. The summed E-state index contributed by atoms with van der Waals surface area (Å²) in [6.07, 6.45) is 1.26. The van der Waals surface area contributed by atoms with Gasteiger partial charge < -0.3 is 4.74 Å². The van der Waals surface area contributed by atoms with Crippen LogP contribution in [0.25, 0.3) is 0 Å². The van der Waals surface area contributed by atoms with Gasteiger partial charge >= 0.3 is 0 Å². The highest BCUT2D eigenvalue weighted by Gasteiger charge is 2.07. The van der Waals surface area contributed by atoms with Crippen LogP contribution in [-0.2, 0) is 4.74 Å². The Labute approximate surface area is 39.1 Å². The predicted molar refractivity (Wildman–Crippen MR) is 27.7 cm³/mol. The monoisotopic (exact) mass is 84.1 g/mol. The maximum atomic E-state index is 5.06. The maximum absolute atomic E-state index is 5.06. The molecule has 1 fully saturated rings. The van der Waals surface area contributed by atoms with Gasteiger partial charge in [-0.1, -0.05) is 0 Å². The summed E-state index contributed by atoms with van der Waals surface area (Å²) < 4.78 is 5.06. The van der Waals surface area contributed by atoms with Crippen LogP contribution in [0.2, 0.25) is 5.82 Å². The molecular formula is C4H9BO. The molecule has 1 saturated heterocycles. The van der Waals surface area contributed by atoms with Gasteiger partial charge in [-0.05, 0) is 12.2 Å². The van der Waals surface area contributed by atoms with E-state index in [0.717, 1.165) is 19.0 Å². The number of hydrogen-bond donors (Lipinski definition) is 0. The molecule has 0 amide bonds. The minimum absolute atomic E-state index is 0.824. The lowest BCUT2D eigenvalue weighted by Gasteiger charge is -1.88. The van der Waals surface area contributed by atoms with E-state index in [2.05, 4.69) is 7.85 Å². The van der Waals surface area contributed by atoms with Crippen molar-refractivity contribution < 1.29 is 4.74 Å². The summed E-state index contributed by atoms with van der Waals surface area (Å²) in [7, 11) is 2.22. The second-order valence-corrected chi connectivity index (χ2v) is 1.97. The van der Waals surface area contributed by atoms with Crippen molar-refractivity contribution in [2.75, 3.05) is 13.2 Å². The van der Waals surface area contributed by atoms with E-state index in [1.165, 1.54) is 6.42 Å². The van der Waals surface area contributed by atoms with Gasteiger partial charge in [0.05, 0.1) is 0 Å². The first-order valence-corrected chi connectivity index (χ1v) is 2.47. The van der Waals surface area contributed by atoms with Crippen molar-refractivity contribution in [3.05, 3.63) is 0 Å². The minimum Gasteiger partial charge on any atom is -0.382 e. The third-order valence-electron chi connectivity index (χ3n) is 1.16. The first kappa shape index (κ1) is 4.19. The number of ether oxygens (including phenoxy) is 1. The van der Waals surface area contributed by atoms with Gasteiger partial charge in [-0.3, -0.25) is 0 Å². The standard InChI is InChI=1S/C4H9BO/c5-4-1-2-6-3-4/h4H,1-3,5H2. The van der Waals surface area contributed by atoms with Gasteiger partial charge in [-0.15, -0.1) is 0 Å². The Kier molecular flexibility index (Phi) is 1.15. The molecule has 0 N–H and O–H groups in total. The lowest BCUT2D eigenvalue weighted by atomic mass is 9.87. The molecule has 0 aliphatic carbocycles. The van der Waals surface area contributed by atoms with Crippen LogP contribution in [0.3, 0.4) is 0 Å². The van der Waals surface area contributed by atoms with Crippen molar-refractivity contribution >= 4 is 7.85 Å². The molecule has 1 atom stereocenters. The van der Waals surface area contributed by atoms with E-state index < -0.39 is 0 Å². The molecule has 34 valence electrons. The minimum atomic E-state index is 0.824. The topological polar surface area (TPSA) is 9.23 Å². The van der Waals surface area contributed by atoms with E-state index in [-0.39, 0.29) is 0 Å². The van der Waals surface area contributed by atoms with Gasteiger partial charge in [0.1, 0.15) is 7.85 Å². The van der Waals surface area contributed by atoms with Crippen LogP contribution in [0.1, 0.15) is 6.42 Å². The van der Waals surface area contributed by atoms with E-state index in [9.17, 15) is 0 Å². The maximum Gasteiger partial charge on any atom is 0.108 e. The van der Waals surface area contributed by atoms with Crippen molar-refractivity contribution in [1.82, 2.24) is 0 Å². The second-order valence-electron chi connectivity index (χ2n) is 1.97. The summed E-state index contributed by atoms with van der Waals surface area (Å²) in [5.74, 6) is 0.824. The molecule has 0 aromatic carbocycles. The zero-order chi connectivity index (χ0) is 4.41. The number of rotatable bonds is 0. The van der Waals surface area contributed by atoms with Crippen LogP contribution in [0.4, 0.5) is 0 Å². The largest absolute Gasteiger partial charge is 0.382 e. The quantitative estimate of drug-likeness (QED) is 0.370. The zero-order valence-corrected chi connectivity index (χ0v) is 4.11. The molecule has 0 aromatic rings. The summed E-state index contributed by atoms with van der Waals surface area (Å²) in [6.45, 7) is 1.97. The summed E-state index contributed by atoms with van der Waals surface area (Å²) in [4.78, 5) is 0. The number of hydrogen-bond acceptors (Lipinski definition) is 1. The molecule has 0 aromatic heterocycles. The van der Waals surface area contributed by atoms with Crippen molar-refractivity contribution in [2.24, 2.45) is 0 Å². The lowest BCUT2D eigenvalue weighted by Crippen LogP contribution is -1.86. The SMILES string of the molecule is BC1CCOC1. The normalized spacial score (nSPS) is 34.3. The molecule has 0 saturated carbocycles. The summed E-state index contributed by atoms with van der Waals surface area (Å²) >= 11 is 0. The predicted octanol–water partition coefficient (Wildman–Crippen LogP) is -0.172. The van der Waals surface area contributed by atoms with E-state index in [0.29, 0.717) is 0 Å². The van der Waals surface area contributed by atoms with E-state index in [4.69, 9.17) is 4.74 Å². The molecule has 1 rings (SSSR count). The lowest BCUT2D eigenvalue weighted by molar-refractivity contribution is 0.198. The Morgan fingerprint density at radius 2 is 2.50 bits per heavy atom. The van der Waals surface area contributed by atoms with Crippen molar-refractivity contribution in [3.8, 4) is 0 Å². The highest BCUT2D eigenvalue weighted by molar-refractivity contribution is 6.11. The third kappa shape index (κ3) is 0.746. The summed E-state index contributed by atoms with van der Waals surface area (Å²) in [5, 5.41) is 0. The second kappa shape index (κ2) is 1.65. The van der Waals surface area contributed by atoms with E-state index >= 15 is 0 Å². The molecule has 1 aliphatic heterocycles. The van der Waals surface area contributed by atoms with E-state index in [1.54, 1.807) is 0 Å². The Balaban J connectivity index is 2.18. The fourth-order valence-corrected chi connectivity index (χ4v) is 0.652.